The van der Waals surface area contributed by atoms with Crippen molar-refractivity contribution < 1.29 is 4.52 Å². The summed E-state index contributed by atoms with van der Waals surface area (Å²) in [5.41, 5.74) is 6.73. The van der Waals surface area contributed by atoms with Crippen LogP contribution in [0.3, 0.4) is 0 Å². The third-order valence-corrected chi connectivity index (χ3v) is 3.53. The standard InChI is InChI=1S/C16H18N4O/c1-16(2,3)13(17)15-19-14(20-21-15)12-11-7-5-4-6-10(11)8-9-18-12/h4-9,13H,17H2,1-3H3/t13-/m1/s1. The average Bonchev–Trinajstić information content (AvgIpc) is 2.94. The summed E-state index contributed by atoms with van der Waals surface area (Å²) in [7, 11) is 0. The molecule has 2 aromatic heterocycles. The van der Waals surface area contributed by atoms with Crippen LogP contribution in [-0.2, 0) is 0 Å². The van der Waals surface area contributed by atoms with Gasteiger partial charge in [0, 0.05) is 11.6 Å². The van der Waals surface area contributed by atoms with Crippen LogP contribution in [0.15, 0.2) is 41.1 Å². The number of fused-ring (bicyclic) bond motifs is 1. The third-order valence-electron chi connectivity index (χ3n) is 3.53. The van der Waals surface area contributed by atoms with E-state index in [2.05, 4.69) is 15.1 Å². The van der Waals surface area contributed by atoms with E-state index in [-0.39, 0.29) is 11.5 Å². The van der Waals surface area contributed by atoms with Crippen molar-refractivity contribution >= 4 is 10.8 Å². The lowest BCUT2D eigenvalue weighted by Crippen LogP contribution is -2.26. The zero-order chi connectivity index (χ0) is 15.0. The molecular formula is C16H18N4O. The summed E-state index contributed by atoms with van der Waals surface area (Å²) in [5.74, 6) is 0.911. The third kappa shape index (κ3) is 2.52. The van der Waals surface area contributed by atoms with Gasteiger partial charge in [-0.05, 0) is 16.9 Å². The zero-order valence-corrected chi connectivity index (χ0v) is 12.4. The van der Waals surface area contributed by atoms with Crippen LogP contribution in [-0.4, -0.2) is 15.1 Å². The van der Waals surface area contributed by atoms with Crippen molar-refractivity contribution in [2.24, 2.45) is 11.1 Å². The van der Waals surface area contributed by atoms with Gasteiger partial charge in [-0.15, -0.1) is 0 Å². The second-order valence-electron chi connectivity index (χ2n) is 6.18. The number of nitrogens with zero attached hydrogens (tertiary/aromatic N) is 3. The molecular weight excluding hydrogens is 264 g/mol. The fourth-order valence-electron chi connectivity index (χ4n) is 2.13. The molecule has 2 N–H and O–H groups in total. The molecule has 1 aromatic carbocycles. The minimum absolute atomic E-state index is 0.143. The molecule has 5 heteroatoms. The van der Waals surface area contributed by atoms with E-state index in [0.29, 0.717) is 17.4 Å². The van der Waals surface area contributed by atoms with Gasteiger partial charge in [-0.3, -0.25) is 4.98 Å². The molecule has 0 bridgehead atoms. The average molecular weight is 282 g/mol. The van der Waals surface area contributed by atoms with Gasteiger partial charge in [-0.1, -0.05) is 50.2 Å². The van der Waals surface area contributed by atoms with Gasteiger partial charge in [0.25, 0.3) is 0 Å². The Morgan fingerprint density at radius 1 is 1.14 bits per heavy atom. The predicted molar refractivity (Wildman–Crippen MR) is 81.4 cm³/mol. The Kier molecular flexibility index (Phi) is 3.22. The Balaban J connectivity index is 2.07. The highest BCUT2D eigenvalue weighted by Crippen LogP contribution is 2.31. The van der Waals surface area contributed by atoms with Crippen LogP contribution in [0, 0.1) is 5.41 Å². The molecule has 3 rings (SSSR count). The molecule has 0 radical (unpaired) electrons. The molecule has 2 heterocycles. The van der Waals surface area contributed by atoms with Crippen LogP contribution in [0.5, 0.6) is 0 Å². The van der Waals surface area contributed by atoms with Gasteiger partial charge in [0.15, 0.2) is 0 Å². The van der Waals surface area contributed by atoms with Gasteiger partial charge in [0.2, 0.25) is 11.7 Å². The van der Waals surface area contributed by atoms with E-state index in [9.17, 15) is 0 Å². The molecule has 0 saturated carbocycles. The van der Waals surface area contributed by atoms with Crippen LogP contribution in [0.2, 0.25) is 0 Å². The van der Waals surface area contributed by atoms with E-state index in [1.54, 1.807) is 6.20 Å². The fraction of sp³-hybridized carbons (Fsp3) is 0.312. The Morgan fingerprint density at radius 3 is 2.67 bits per heavy atom. The zero-order valence-electron chi connectivity index (χ0n) is 12.4. The maximum Gasteiger partial charge on any atom is 0.244 e. The van der Waals surface area contributed by atoms with Crippen molar-refractivity contribution in [2.45, 2.75) is 26.8 Å². The molecule has 3 aromatic rings. The number of nitrogens with two attached hydrogens (primary N) is 1. The van der Waals surface area contributed by atoms with E-state index in [0.717, 1.165) is 10.8 Å². The molecule has 108 valence electrons. The first kappa shape index (κ1) is 13.7. The van der Waals surface area contributed by atoms with Crippen molar-refractivity contribution in [3.05, 3.63) is 42.4 Å². The van der Waals surface area contributed by atoms with E-state index in [4.69, 9.17) is 10.3 Å². The monoisotopic (exact) mass is 282 g/mol. The molecule has 0 aliphatic carbocycles. The van der Waals surface area contributed by atoms with Crippen molar-refractivity contribution in [1.82, 2.24) is 15.1 Å². The molecule has 0 fully saturated rings. The molecule has 0 spiro atoms. The van der Waals surface area contributed by atoms with Crippen molar-refractivity contribution in [1.29, 1.82) is 0 Å². The van der Waals surface area contributed by atoms with Crippen molar-refractivity contribution in [2.75, 3.05) is 0 Å². The summed E-state index contributed by atoms with van der Waals surface area (Å²) in [4.78, 5) is 8.82. The van der Waals surface area contributed by atoms with E-state index in [1.807, 2.05) is 51.1 Å². The Bertz CT molecular complexity index is 768. The summed E-state index contributed by atoms with van der Waals surface area (Å²) in [6, 6.07) is 9.63. The summed E-state index contributed by atoms with van der Waals surface area (Å²) in [6.07, 6.45) is 1.75. The number of rotatable bonds is 2. The Hall–Kier alpha value is -2.27. The lowest BCUT2D eigenvalue weighted by molar-refractivity contribution is 0.253. The second-order valence-corrected chi connectivity index (χ2v) is 6.18. The summed E-state index contributed by atoms with van der Waals surface area (Å²) < 4.78 is 5.33. The van der Waals surface area contributed by atoms with Crippen LogP contribution in [0.1, 0.15) is 32.7 Å². The van der Waals surface area contributed by atoms with Crippen molar-refractivity contribution in [3.8, 4) is 11.5 Å². The highest BCUT2D eigenvalue weighted by molar-refractivity contribution is 5.92. The van der Waals surface area contributed by atoms with Gasteiger partial charge in [-0.25, -0.2) is 0 Å². The minimum Gasteiger partial charge on any atom is -0.337 e. The van der Waals surface area contributed by atoms with Gasteiger partial charge in [-0.2, -0.15) is 4.98 Å². The smallest absolute Gasteiger partial charge is 0.244 e. The topological polar surface area (TPSA) is 77.8 Å². The van der Waals surface area contributed by atoms with Gasteiger partial charge in [0.1, 0.15) is 5.69 Å². The summed E-state index contributed by atoms with van der Waals surface area (Å²) in [6.45, 7) is 6.12. The number of aromatic nitrogens is 3. The van der Waals surface area contributed by atoms with E-state index in [1.165, 1.54) is 0 Å². The number of pyridine rings is 1. The molecule has 5 nitrogen and oxygen atoms in total. The summed E-state index contributed by atoms with van der Waals surface area (Å²) >= 11 is 0. The highest BCUT2D eigenvalue weighted by atomic mass is 16.5. The van der Waals surface area contributed by atoms with Crippen LogP contribution >= 0.6 is 0 Å². The van der Waals surface area contributed by atoms with Gasteiger partial charge < -0.3 is 10.3 Å². The first-order valence-corrected chi connectivity index (χ1v) is 6.90. The van der Waals surface area contributed by atoms with Gasteiger partial charge in [0.05, 0.1) is 6.04 Å². The van der Waals surface area contributed by atoms with Crippen molar-refractivity contribution in [3.63, 3.8) is 0 Å². The fourth-order valence-corrected chi connectivity index (χ4v) is 2.13. The van der Waals surface area contributed by atoms with E-state index < -0.39 is 0 Å². The molecule has 1 atom stereocenters. The van der Waals surface area contributed by atoms with Crippen LogP contribution < -0.4 is 5.73 Å². The lowest BCUT2D eigenvalue weighted by atomic mass is 9.87. The molecule has 0 amide bonds. The highest BCUT2D eigenvalue weighted by Gasteiger charge is 2.28. The van der Waals surface area contributed by atoms with Crippen LogP contribution in [0.4, 0.5) is 0 Å². The first-order chi connectivity index (χ1) is 9.97. The molecule has 0 aliphatic heterocycles. The Labute approximate surface area is 123 Å². The second kappa shape index (κ2) is 4.93. The summed E-state index contributed by atoms with van der Waals surface area (Å²) in [5, 5.41) is 6.13. The van der Waals surface area contributed by atoms with Gasteiger partial charge >= 0.3 is 0 Å². The SMILES string of the molecule is CC(C)(C)[C@H](N)c1nc(-c2nccc3ccccc23)no1. The minimum atomic E-state index is -0.311. The lowest BCUT2D eigenvalue weighted by Gasteiger charge is -2.23. The number of hydrogen-bond donors (Lipinski definition) is 1. The largest absolute Gasteiger partial charge is 0.337 e. The molecule has 0 unspecified atom stereocenters. The number of benzene rings is 1. The molecule has 0 aliphatic rings. The normalized spacial score (nSPS) is 13.5. The molecule has 21 heavy (non-hydrogen) atoms. The maximum absolute atomic E-state index is 6.16. The maximum atomic E-state index is 6.16. The quantitative estimate of drug-likeness (QED) is 0.780. The Morgan fingerprint density at radius 2 is 1.90 bits per heavy atom. The van der Waals surface area contributed by atoms with E-state index >= 15 is 0 Å². The first-order valence-electron chi connectivity index (χ1n) is 6.90. The molecule has 0 saturated heterocycles. The predicted octanol–water partition coefficient (Wildman–Crippen LogP) is 3.33. The van der Waals surface area contributed by atoms with Crippen LogP contribution in [0.25, 0.3) is 22.3 Å². The number of hydrogen-bond acceptors (Lipinski definition) is 5.